The Kier molecular flexibility index (Phi) is 7.22. The van der Waals surface area contributed by atoms with Crippen LogP contribution in [-0.4, -0.2) is 40.2 Å². The fourth-order valence-corrected chi connectivity index (χ4v) is 3.72. The normalized spacial score (nSPS) is 11.6. The molecule has 1 rings (SSSR count). The summed E-state index contributed by atoms with van der Waals surface area (Å²) in [5, 5.41) is 0. The lowest BCUT2D eigenvalue weighted by atomic mass is 10.3. The van der Waals surface area contributed by atoms with E-state index in [4.69, 9.17) is 10.5 Å². The molecular formula is C12H20N2O3S2. The quantitative estimate of drug-likeness (QED) is 0.408. The number of nitrogens with one attached hydrogen (secondary N) is 1. The lowest BCUT2D eigenvalue weighted by Crippen LogP contribution is -2.28. The van der Waals surface area contributed by atoms with E-state index < -0.39 is 10.0 Å². The number of sulfonamides is 1. The SMILES string of the molecule is COCCCNS(=O)(=O)CCSc1ccc(N)cc1. The number of ether oxygens (including phenoxy) is 1. The molecule has 0 atom stereocenters. The fourth-order valence-electron chi connectivity index (χ4n) is 1.35. The lowest BCUT2D eigenvalue weighted by molar-refractivity contribution is 0.196. The van der Waals surface area contributed by atoms with E-state index in [0.717, 1.165) is 4.90 Å². The van der Waals surface area contributed by atoms with Crippen LogP contribution in [0.25, 0.3) is 0 Å². The van der Waals surface area contributed by atoms with Gasteiger partial charge < -0.3 is 10.5 Å². The smallest absolute Gasteiger partial charge is 0.212 e. The van der Waals surface area contributed by atoms with E-state index in [1.165, 1.54) is 11.8 Å². The van der Waals surface area contributed by atoms with Crippen LogP contribution in [-0.2, 0) is 14.8 Å². The van der Waals surface area contributed by atoms with E-state index in [1.54, 1.807) is 19.2 Å². The van der Waals surface area contributed by atoms with E-state index in [0.29, 0.717) is 31.0 Å². The molecule has 5 nitrogen and oxygen atoms in total. The Morgan fingerprint density at radius 3 is 2.63 bits per heavy atom. The molecule has 0 amide bonds. The third-order valence-electron chi connectivity index (χ3n) is 2.35. The summed E-state index contributed by atoms with van der Waals surface area (Å²) < 4.78 is 30.7. The van der Waals surface area contributed by atoms with Crippen LogP contribution in [0, 0.1) is 0 Å². The van der Waals surface area contributed by atoms with Gasteiger partial charge in [-0.05, 0) is 30.7 Å². The molecule has 0 heterocycles. The number of nitrogen functional groups attached to an aromatic ring is 1. The zero-order valence-electron chi connectivity index (χ0n) is 11.0. The van der Waals surface area contributed by atoms with E-state index in [-0.39, 0.29) is 5.75 Å². The van der Waals surface area contributed by atoms with Crippen molar-refractivity contribution in [2.45, 2.75) is 11.3 Å². The maximum absolute atomic E-state index is 11.7. The van der Waals surface area contributed by atoms with Gasteiger partial charge in [0.05, 0.1) is 5.75 Å². The molecule has 3 N–H and O–H groups in total. The predicted octanol–water partition coefficient (Wildman–Crippen LogP) is 1.32. The highest BCUT2D eigenvalue weighted by atomic mass is 32.2. The molecule has 108 valence electrons. The second kappa shape index (κ2) is 8.42. The summed E-state index contributed by atoms with van der Waals surface area (Å²) in [6, 6.07) is 7.39. The van der Waals surface area contributed by atoms with Gasteiger partial charge in [-0.2, -0.15) is 0 Å². The molecule has 0 spiro atoms. The lowest BCUT2D eigenvalue weighted by Gasteiger charge is -2.06. The van der Waals surface area contributed by atoms with E-state index in [1.807, 2.05) is 12.1 Å². The van der Waals surface area contributed by atoms with Crippen LogP contribution in [0.3, 0.4) is 0 Å². The molecule has 0 fully saturated rings. The molecule has 0 aliphatic carbocycles. The zero-order chi connectivity index (χ0) is 14.1. The summed E-state index contributed by atoms with van der Waals surface area (Å²) in [5.41, 5.74) is 6.28. The van der Waals surface area contributed by atoms with Crippen molar-refractivity contribution in [2.24, 2.45) is 0 Å². The van der Waals surface area contributed by atoms with Gasteiger partial charge in [0.1, 0.15) is 0 Å². The fraction of sp³-hybridized carbons (Fsp3) is 0.500. The molecule has 0 saturated heterocycles. The summed E-state index contributed by atoms with van der Waals surface area (Å²) in [5.74, 6) is 0.624. The first-order valence-electron chi connectivity index (χ1n) is 5.98. The van der Waals surface area contributed by atoms with Crippen molar-refractivity contribution in [2.75, 3.05) is 37.5 Å². The number of nitrogens with two attached hydrogens (primary N) is 1. The highest BCUT2D eigenvalue weighted by Gasteiger charge is 2.09. The first-order valence-corrected chi connectivity index (χ1v) is 8.62. The minimum Gasteiger partial charge on any atom is -0.399 e. The highest BCUT2D eigenvalue weighted by Crippen LogP contribution is 2.19. The summed E-state index contributed by atoms with van der Waals surface area (Å²) in [7, 11) is -1.60. The summed E-state index contributed by atoms with van der Waals surface area (Å²) in [4.78, 5) is 1.02. The second-order valence-electron chi connectivity index (χ2n) is 3.98. The average molecular weight is 304 g/mol. The Labute approximate surface area is 119 Å². The van der Waals surface area contributed by atoms with Gasteiger partial charge in [-0.25, -0.2) is 13.1 Å². The van der Waals surface area contributed by atoms with Crippen molar-refractivity contribution in [3.8, 4) is 0 Å². The molecule has 0 aromatic heterocycles. The van der Waals surface area contributed by atoms with E-state index >= 15 is 0 Å². The molecule has 1 aromatic carbocycles. The molecule has 0 aliphatic rings. The van der Waals surface area contributed by atoms with Gasteiger partial charge in [0, 0.05) is 36.6 Å². The van der Waals surface area contributed by atoms with E-state index in [2.05, 4.69) is 4.72 Å². The molecular weight excluding hydrogens is 284 g/mol. The first-order chi connectivity index (χ1) is 9.03. The van der Waals surface area contributed by atoms with Crippen LogP contribution < -0.4 is 10.5 Å². The minimum atomic E-state index is -3.19. The van der Waals surface area contributed by atoms with Crippen molar-refractivity contribution in [1.82, 2.24) is 4.72 Å². The van der Waals surface area contributed by atoms with E-state index in [9.17, 15) is 8.42 Å². The number of hydrogen-bond donors (Lipinski definition) is 2. The van der Waals surface area contributed by atoms with Gasteiger partial charge in [0.25, 0.3) is 0 Å². The van der Waals surface area contributed by atoms with Gasteiger partial charge in [0.15, 0.2) is 0 Å². The minimum absolute atomic E-state index is 0.106. The van der Waals surface area contributed by atoms with Crippen LogP contribution in [0.4, 0.5) is 5.69 Å². The number of thioether (sulfide) groups is 1. The van der Waals surface area contributed by atoms with Crippen LogP contribution in [0.2, 0.25) is 0 Å². The Morgan fingerprint density at radius 1 is 1.32 bits per heavy atom. The van der Waals surface area contributed by atoms with Gasteiger partial charge in [-0.1, -0.05) is 0 Å². The average Bonchev–Trinajstić information content (AvgIpc) is 2.37. The first kappa shape index (κ1) is 16.3. The standard InChI is InChI=1S/C12H20N2O3S2/c1-17-8-2-7-14-19(15,16)10-9-18-12-5-3-11(13)4-6-12/h3-6,14H,2,7-10,13H2,1H3. The van der Waals surface area contributed by atoms with Gasteiger partial charge in [0.2, 0.25) is 10.0 Å². The number of methoxy groups -OCH3 is 1. The van der Waals surface area contributed by atoms with Crippen LogP contribution in [0.15, 0.2) is 29.2 Å². The van der Waals surface area contributed by atoms with Crippen LogP contribution in [0.1, 0.15) is 6.42 Å². The van der Waals surface area contributed by atoms with Crippen molar-refractivity contribution in [1.29, 1.82) is 0 Å². The Morgan fingerprint density at radius 2 is 2.00 bits per heavy atom. The number of anilines is 1. The number of hydrogen-bond acceptors (Lipinski definition) is 5. The third-order valence-corrected chi connectivity index (χ3v) is 5.01. The molecule has 1 aromatic rings. The molecule has 19 heavy (non-hydrogen) atoms. The molecule has 0 unspecified atom stereocenters. The van der Waals surface area contributed by atoms with Gasteiger partial charge >= 0.3 is 0 Å². The molecule has 7 heteroatoms. The Bertz CT molecular complexity index is 460. The van der Waals surface area contributed by atoms with Crippen molar-refractivity contribution >= 4 is 27.5 Å². The maximum atomic E-state index is 11.7. The van der Waals surface area contributed by atoms with Crippen molar-refractivity contribution in [3.63, 3.8) is 0 Å². The maximum Gasteiger partial charge on any atom is 0.212 e. The molecule has 0 saturated carbocycles. The molecule has 0 bridgehead atoms. The van der Waals surface area contributed by atoms with Gasteiger partial charge in [-0.3, -0.25) is 0 Å². The molecule has 0 aliphatic heterocycles. The van der Waals surface area contributed by atoms with Crippen LogP contribution in [0.5, 0.6) is 0 Å². The Hall–Kier alpha value is -0.760. The largest absolute Gasteiger partial charge is 0.399 e. The summed E-state index contributed by atoms with van der Waals surface area (Å²) in [6.07, 6.45) is 0.681. The number of benzene rings is 1. The Balaban J connectivity index is 2.25. The highest BCUT2D eigenvalue weighted by molar-refractivity contribution is 8.00. The zero-order valence-corrected chi connectivity index (χ0v) is 12.6. The topological polar surface area (TPSA) is 81.4 Å². The number of rotatable bonds is 9. The van der Waals surface area contributed by atoms with Crippen molar-refractivity contribution in [3.05, 3.63) is 24.3 Å². The summed E-state index contributed by atoms with van der Waals surface area (Å²) >= 11 is 1.50. The monoisotopic (exact) mass is 304 g/mol. The second-order valence-corrected chi connectivity index (χ2v) is 7.07. The van der Waals surface area contributed by atoms with Crippen LogP contribution >= 0.6 is 11.8 Å². The third kappa shape index (κ3) is 7.41. The summed E-state index contributed by atoms with van der Waals surface area (Å²) in [6.45, 7) is 0.978. The predicted molar refractivity (Wildman–Crippen MR) is 79.9 cm³/mol. The van der Waals surface area contributed by atoms with Crippen molar-refractivity contribution < 1.29 is 13.2 Å². The molecule has 0 radical (unpaired) electrons. The van der Waals surface area contributed by atoms with Gasteiger partial charge in [-0.15, -0.1) is 11.8 Å².